The van der Waals surface area contributed by atoms with Crippen LogP contribution in [0, 0.1) is 0 Å². The van der Waals surface area contributed by atoms with Gasteiger partial charge in [0, 0.05) is 17.6 Å². The lowest BCUT2D eigenvalue weighted by molar-refractivity contribution is 0.192. The van der Waals surface area contributed by atoms with Crippen molar-refractivity contribution in [3.05, 3.63) is 34.9 Å². The van der Waals surface area contributed by atoms with Crippen molar-refractivity contribution < 1.29 is 0 Å². The van der Waals surface area contributed by atoms with E-state index in [1.807, 2.05) is 12.1 Å². The number of nitrogens with zero attached hydrogens (tertiary/aromatic N) is 1. The van der Waals surface area contributed by atoms with Crippen molar-refractivity contribution in [3.63, 3.8) is 0 Å². The highest BCUT2D eigenvalue weighted by molar-refractivity contribution is 6.30. The Morgan fingerprint density at radius 2 is 1.88 bits per heavy atom. The van der Waals surface area contributed by atoms with Gasteiger partial charge in [0.25, 0.3) is 0 Å². The Labute approximate surface area is 103 Å². The van der Waals surface area contributed by atoms with Crippen LogP contribution in [0.15, 0.2) is 24.3 Å². The molecule has 1 fully saturated rings. The van der Waals surface area contributed by atoms with Gasteiger partial charge in [-0.3, -0.25) is 4.90 Å². The highest BCUT2D eigenvalue weighted by atomic mass is 35.5. The quantitative estimate of drug-likeness (QED) is 0.871. The number of benzene rings is 1. The first kappa shape index (κ1) is 11.9. The van der Waals surface area contributed by atoms with Crippen molar-refractivity contribution >= 4 is 11.6 Å². The summed E-state index contributed by atoms with van der Waals surface area (Å²) < 4.78 is 0. The molecular formula is C13H19ClN2. The van der Waals surface area contributed by atoms with Gasteiger partial charge in [0.1, 0.15) is 0 Å². The van der Waals surface area contributed by atoms with Gasteiger partial charge in [0.2, 0.25) is 0 Å². The zero-order valence-electron chi connectivity index (χ0n) is 9.75. The Morgan fingerprint density at radius 1 is 1.25 bits per heavy atom. The van der Waals surface area contributed by atoms with Gasteiger partial charge in [-0.1, -0.05) is 23.7 Å². The summed E-state index contributed by atoms with van der Waals surface area (Å²) in [6.45, 7) is 3.31. The summed E-state index contributed by atoms with van der Waals surface area (Å²) in [7, 11) is 2.21. The number of rotatable bonds is 3. The molecule has 1 aliphatic rings. The molecule has 2 rings (SSSR count). The van der Waals surface area contributed by atoms with E-state index in [0.29, 0.717) is 0 Å². The van der Waals surface area contributed by atoms with Crippen LogP contribution in [0.4, 0.5) is 0 Å². The summed E-state index contributed by atoms with van der Waals surface area (Å²) in [5.74, 6) is 0. The van der Waals surface area contributed by atoms with E-state index < -0.39 is 0 Å². The molecule has 88 valence electrons. The fourth-order valence-corrected chi connectivity index (χ4v) is 2.38. The molecule has 0 unspecified atom stereocenters. The monoisotopic (exact) mass is 238 g/mol. The molecule has 0 bridgehead atoms. The Kier molecular flexibility index (Phi) is 4.22. The van der Waals surface area contributed by atoms with Crippen molar-refractivity contribution in [2.75, 3.05) is 20.1 Å². The summed E-state index contributed by atoms with van der Waals surface area (Å²) in [6, 6.07) is 8.87. The largest absolute Gasteiger partial charge is 0.317 e. The minimum Gasteiger partial charge on any atom is -0.317 e. The maximum atomic E-state index is 5.88. The topological polar surface area (TPSA) is 15.3 Å². The summed E-state index contributed by atoms with van der Waals surface area (Å²) >= 11 is 5.88. The van der Waals surface area contributed by atoms with Crippen molar-refractivity contribution in [1.82, 2.24) is 10.2 Å². The van der Waals surface area contributed by atoms with E-state index in [9.17, 15) is 0 Å². The third-order valence-corrected chi connectivity index (χ3v) is 3.53. The van der Waals surface area contributed by atoms with E-state index in [0.717, 1.165) is 30.7 Å². The zero-order valence-corrected chi connectivity index (χ0v) is 10.5. The Bertz CT molecular complexity index is 317. The van der Waals surface area contributed by atoms with Gasteiger partial charge in [0.15, 0.2) is 0 Å². The fraction of sp³-hybridized carbons (Fsp3) is 0.538. The van der Waals surface area contributed by atoms with Gasteiger partial charge < -0.3 is 5.32 Å². The van der Waals surface area contributed by atoms with Crippen molar-refractivity contribution in [2.24, 2.45) is 0 Å². The third-order valence-electron chi connectivity index (χ3n) is 3.28. The fourth-order valence-electron chi connectivity index (χ4n) is 2.25. The highest BCUT2D eigenvalue weighted by Crippen LogP contribution is 2.15. The second-order valence-electron chi connectivity index (χ2n) is 4.52. The van der Waals surface area contributed by atoms with E-state index in [4.69, 9.17) is 11.6 Å². The molecule has 1 heterocycles. The third kappa shape index (κ3) is 3.21. The molecule has 0 aromatic heterocycles. The number of nitrogens with one attached hydrogen (secondary N) is 1. The average molecular weight is 239 g/mol. The first-order chi connectivity index (χ1) is 7.75. The van der Waals surface area contributed by atoms with E-state index in [1.54, 1.807) is 0 Å². The Morgan fingerprint density at radius 3 is 2.50 bits per heavy atom. The van der Waals surface area contributed by atoms with Crippen LogP contribution in [0.2, 0.25) is 5.02 Å². The molecule has 0 radical (unpaired) electrons. The van der Waals surface area contributed by atoms with Crippen molar-refractivity contribution in [2.45, 2.75) is 25.4 Å². The van der Waals surface area contributed by atoms with Gasteiger partial charge in [-0.25, -0.2) is 0 Å². The molecule has 3 heteroatoms. The summed E-state index contributed by atoms with van der Waals surface area (Å²) in [5, 5.41) is 4.21. The van der Waals surface area contributed by atoms with E-state index in [1.165, 1.54) is 18.4 Å². The predicted molar refractivity (Wildman–Crippen MR) is 68.8 cm³/mol. The first-order valence-corrected chi connectivity index (χ1v) is 6.29. The lowest BCUT2D eigenvalue weighted by Crippen LogP contribution is -2.40. The standard InChI is InChI=1S/C13H19ClN2/c1-16(13-6-8-15-9-7-13)10-11-2-4-12(14)5-3-11/h2-5,13,15H,6-10H2,1H3. The summed E-state index contributed by atoms with van der Waals surface area (Å²) in [5.41, 5.74) is 1.34. The molecular weight excluding hydrogens is 220 g/mol. The van der Waals surface area contributed by atoms with Crippen LogP contribution in [0.25, 0.3) is 0 Å². The smallest absolute Gasteiger partial charge is 0.0406 e. The minimum absolute atomic E-state index is 0.719. The van der Waals surface area contributed by atoms with Crippen LogP contribution < -0.4 is 5.32 Å². The van der Waals surface area contributed by atoms with Gasteiger partial charge in [0.05, 0.1) is 0 Å². The van der Waals surface area contributed by atoms with Crippen LogP contribution >= 0.6 is 11.6 Å². The Balaban J connectivity index is 1.90. The molecule has 1 saturated heterocycles. The van der Waals surface area contributed by atoms with E-state index >= 15 is 0 Å². The van der Waals surface area contributed by atoms with Crippen LogP contribution in [0.5, 0.6) is 0 Å². The predicted octanol–water partition coefficient (Wildman–Crippen LogP) is 2.52. The SMILES string of the molecule is CN(Cc1ccc(Cl)cc1)C1CCNCC1. The van der Waals surface area contributed by atoms with Crippen LogP contribution in [-0.2, 0) is 6.54 Å². The van der Waals surface area contributed by atoms with Crippen LogP contribution in [0.3, 0.4) is 0 Å². The second-order valence-corrected chi connectivity index (χ2v) is 4.96. The molecule has 0 atom stereocenters. The number of halogens is 1. The summed E-state index contributed by atoms with van der Waals surface area (Å²) in [6.07, 6.45) is 2.51. The molecule has 1 aromatic carbocycles. The van der Waals surface area contributed by atoms with Crippen LogP contribution in [0.1, 0.15) is 18.4 Å². The van der Waals surface area contributed by atoms with Gasteiger partial charge in [-0.2, -0.15) is 0 Å². The molecule has 0 saturated carbocycles. The molecule has 16 heavy (non-hydrogen) atoms. The zero-order chi connectivity index (χ0) is 11.4. The molecule has 1 N–H and O–H groups in total. The molecule has 1 aliphatic heterocycles. The molecule has 0 spiro atoms. The van der Waals surface area contributed by atoms with E-state index in [2.05, 4.69) is 29.4 Å². The van der Waals surface area contributed by atoms with Gasteiger partial charge in [-0.05, 0) is 50.7 Å². The van der Waals surface area contributed by atoms with E-state index in [-0.39, 0.29) is 0 Å². The molecule has 0 amide bonds. The lowest BCUT2D eigenvalue weighted by atomic mass is 10.0. The minimum atomic E-state index is 0.719. The van der Waals surface area contributed by atoms with Gasteiger partial charge in [-0.15, -0.1) is 0 Å². The number of hydrogen-bond acceptors (Lipinski definition) is 2. The normalized spacial score (nSPS) is 17.9. The second kappa shape index (κ2) is 5.67. The van der Waals surface area contributed by atoms with Crippen molar-refractivity contribution in [3.8, 4) is 0 Å². The lowest BCUT2D eigenvalue weighted by Gasteiger charge is -2.31. The van der Waals surface area contributed by atoms with Crippen LogP contribution in [-0.4, -0.2) is 31.1 Å². The first-order valence-electron chi connectivity index (χ1n) is 5.91. The average Bonchev–Trinajstić information content (AvgIpc) is 2.33. The number of piperidine rings is 1. The maximum absolute atomic E-state index is 5.88. The number of hydrogen-bond donors (Lipinski definition) is 1. The van der Waals surface area contributed by atoms with Gasteiger partial charge >= 0.3 is 0 Å². The maximum Gasteiger partial charge on any atom is 0.0406 e. The molecule has 1 aromatic rings. The Hall–Kier alpha value is -0.570. The highest BCUT2D eigenvalue weighted by Gasteiger charge is 2.17. The summed E-state index contributed by atoms with van der Waals surface area (Å²) in [4.78, 5) is 2.45. The molecule has 0 aliphatic carbocycles. The van der Waals surface area contributed by atoms with Crippen molar-refractivity contribution in [1.29, 1.82) is 0 Å². The molecule has 2 nitrogen and oxygen atoms in total.